The maximum Gasteiger partial charge on any atom is 0.0589 e. The fourth-order valence-corrected chi connectivity index (χ4v) is 3.65. The van der Waals surface area contributed by atoms with Crippen LogP contribution in [0.4, 0.5) is 0 Å². The molecule has 0 radical (unpaired) electrons. The van der Waals surface area contributed by atoms with E-state index in [0.717, 1.165) is 19.1 Å². The fraction of sp³-hybridized carbons (Fsp3) is 1.00. The summed E-state index contributed by atoms with van der Waals surface area (Å²) in [6.45, 7) is 9.02. The van der Waals surface area contributed by atoms with Gasteiger partial charge in [-0.15, -0.1) is 0 Å². The van der Waals surface area contributed by atoms with E-state index >= 15 is 0 Å². The van der Waals surface area contributed by atoms with Crippen LogP contribution in [-0.4, -0.2) is 43.3 Å². The second-order valence-electron chi connectivity index (χ2n) is 7.45. The van der Waals surface area contributed by atoms with Crippen molar-refractivity contribution in [2.75, 3.05) is 20.3 Å². The van der Waals surface area contributed by atoms with Crippen molar-refractivity contribution in [2.24, 2.45) is 17.1 Å². The van der Waals surface area contributed by atoms with Crippen molar-refractivity contribution in [3.05, 3.63) is 0 Å². The van der Waals surface area contributed by atoms with E-state index in [0.29, 0.717) is 23.5 Å². The molecule has 0 spiro atoms. The predicted octanol–water partition coefficient (Wildman–Crippen LogP) is 2.64. The highest BCUT2D eigenvalue weighted by Crippen LogP contribution is 2.41. The lowest BCUT2D eigenvalue weighted by molar-refractivity contribution is 0.0255. The lowest BCUT2D eigenvalue weighted by Crippen LogP contribution is -2.56. The van der Waals surface area contributed by atoms with Gasteiger partial charge in [-0.1, -0.05) is 13.8 Å². The molecule has 0 aromatic heterocycles. The highest BCUT2D eigenvalue weighted by atomic mass is 16.5. The molecule has 2 fully saturated rings. The maximum absolute atomic E-state index is 6.45. The summed E-state index contributed by atoms with van der Waals surface area (Å²) in [5.41, 5.74) is 6.89. The van der Waals surface area contributed by atoms with Gasteiger partial charge in [-0.25, -0.2) is 0 Å². The third-order valence-corrected chi connectivity index (χ3v) is 5.22. The zero-order chi connectivity index (χ0) is 14.0. The van der Waals surface area contributed by atoms with Crippen LogP contribution in [-0.2, 0) is 4.74 Å². The molecule has 112 valence electrons. The van der Waals surface area contributed by atoms with Gasteiger partial charge < -0.3 is 10.5 Å². The van der Waals surface area contributed by atoms with Crippen LogP contribution in [0.25, 0.3) is 0 Å². The van der Waals surface area contributed by atoms with Gasteiger partial charge in [-0.3, -0.25) is 4.90 Å². The number of nitrogens with zero attached hydrogens (tertiary/aromatic N) is 1. The van der Waals surface area contributed by atoms with E-state index in [1.807, 2.05) is 0 Å². The fourth-order valence-electron chi connectivity index (χ4n) is 3.65. The first-order valence-electron chi connectivity index (χ1n) is 7.95. The molecule has 2 saturated carbocycles. The zero-order valence-corrected chi connectivity index (χ0v) is 13.2. The van der Waals surface area contributed by atoms with Gasteiger partial charge in [0.15, 0.2) is 0 Å². The van der Waals surface area contributed by atoms with E-state index in [2.05, 4.69) is 25.7 Å². The van der Waals surface area contributed by atoms with Crippen molar-refractivity contribution in [3.63, 3.8) is 0 Å². The first-order valence-corrected chi connectivity index (χ1v) is 7.95. The van der Waals surface area contributed by atoms with Crippen molar-refractivity contribution >= 4 is 0 Å². The van der Waals surface area contributed by atoms with Gasteiger partial charge in [-0.05, 0) is 50.4 Å². The second-order valence-corrected chi connectivity index (χ2v) is 7.45. The minimum atomic E-state index is 0.339. The molecule has 19 heavy (non-hydrogen) atoms. The number of hydrogen-bond acceptors (Lipinski definition) is 3. The SMILES string of the molecule is COCCN(C(C)C1CC1)C1CC(C)(C)CCC1N. The normalized spacial score (nSPS) is 32.5. The molecule has 0 saturated heterocycles. The van der Waals surface area contributed by atoms with Gasteiger partial charge in [0.05, 0.1) is 6.61 Å². The van der Waals surface area contributed by atoms with E-state index in [4.69, 9.17) is 10.5 Å². The lowest BCUT2D eigenvalue weighted by Gasteiger charge is -2.47. The second kappa shape index (κ2) is 6.11. The van der Waals surface area contributed by atoms with E-state index in [1.54, 1.807) is 7.11 Å². The average Bonchev–Trinajstić information content (AvgIpc) is 3.17. The van der Waals surface area contributed by atoms with Crippen molar-refractivity contribution in [1.29, 1.82) is 0 Å². The molecule has 2 rings (SSSR count). The molecule has 0 aromatic carbocycles. The molecule has 3 atom stereocenters. The molecule has 0 aliphatic heterocycles. The van der Waals surface area contributed by atoms with Crippen LogP contribution in [0.1, 0.15) is 52.9 Å². The predicted molar refractivity (Wildman–Crippen MR) is 80.2 cm³/mol. The molecule has 3 heteroatoms. The van der Waals surface area contributed by atoms with Crippen LogP contribution in [0.5, 0.6) is 0 Å². The Morgan fingerprint density at radius 3 is 2.58 bits per heavy atom. The molecule has 2 aliphatic rings. The Balaban J connectivity index is 2.05. The third-order valence-electron chi connectivity index (χ3n) is 5.22. The highest BCUT2D eigenvalue weighted by molar-refractivity contribution is 4.97. The molecular formula is C16H32N2O. The average molecular weight is 268 g/mol. The van der Waals surface area contributed by atoms with Crippen LogP contribution >= 0.6 is 0 Å². The number of nitrogens with two attached hydrogens (primary N) is 1. The minimum absolute atomic E-state index is 0.339. The van der Waals surface area contributed by atoms with Crippen LogP contribution < -0.4 is 5.73 Å². The Morgan fingerprint density at radius 1 is 1.32 bits per heavy atom. The van der Waals surface area contributed by atoms with Crippen LogP contribution in [0.2, 0.25) is 0 Å². The smallest absolute Gasteiger partial charge is 0.0589 e. The van der Waals surface area contributed by atoms with Crippen molar-refractivity contribution < 1.29 is 4.74 Å². The largest absolute Gasteiger partial charge is 0.383 e. The van der Waals surface area contributed by atoms with E-state index in [9.17, 15) is 0 Å². The van der Waals surface area contributed by atoms with E-state index in [-0.39, 0.29) is 0 Å². The summed E-state index contributed by atoms with van der Waals surface area (Å²) in [4.78, 5) is 2.66. The monoisotopic (exact) mass is 268 g/mol. The molecule has 3 unspecified atom stereocenters. The zero-order valence-electron chi connectivity index (χ0n) is 13.2. The van der Waals surface area contributed by atoms with Gasteiger partial charge in [-0.2, -0.15) is 0 Å². The van der Waals surface area contributed by atoms with Gasteiger partial charge in [0.1, 0.15) is 0 Å². The summed E-state index contributed by atoms with van der Waals surface area (Å²) in [6, 6.07) is 1.54. The Hall–Kier alpha value is -0.120. The van der Waals surface area contributed by atoms with Gasteiger partial charge in [0.2, 0.25) is 0 Å². The first kappa shape index (κ1) is 15.3. The molecule has 3 nitrogen and oxygen atoms in total. The van der Waals surface area contributed by atoms with Crippen LogP contribution in [0, 0.1) is 11.3 Å². The lowest BCUT2D eigenvalue weighted by atomic mass is 9.72. The summed E-state index contributed by atoms with van der Waals surface area (Å²) >= 11 is 0. The van der Waals surface area contributed by atoms with Crippen LogP contribution in [0.3, 0.4) is 0 Å². The summed E-state index contributed by atoms with van der Waals surface area (Å²) in [5.74, 6) is 0.897. The standard InChI is InChI=1S/C16H32N2O/c1-12(13-5-6-13)18(9-10-19-4)15-11-16(2,3)8-7-14(15)17/h12-15H,5-11,17H2,1-4H3. The summed E-state index contributed by atoms with van der Waals surface area (Å²) < 4.78 is 5.32. The molecule has 0 bridgehead atoms. The Bertz CT molecular complexity index is 288. The molecule has 0 amide bonds. The Labute approximate surface area is 118 Å². The maximum atomic E-state index is 6.45. The van der Waals surface area contributed by atoms with Crippen LogP contribution in [0.15, 0.2) is 0 Å². The van der Waals surface area contributed by atoms with Gasteiger partial charge >= 0.3 is 0 Å². The summed E-state index contributed by atoms with van der Waals surface area (Å²) in [6.07, 6.45) is 6.46. The molecule has 0 heterocycles. The third kappa shape index (κ3) is 3.93. The number of methoxy groups -OCH3 is 1. The molecular weight excluding hydrogens is 236 g/mol. The minimum Gasteiger partial charge on any atom is -0.383 e. The van der Waals surface area contributed by atoms with E-state index < -0.39 is 0 Å². The van der Waals surface area contributed by atoms with Gasteiger partial charge in [0.25, 0.3) is 0 Å². The molecule has 2 aliphatic carbocycles. The van der Waals surface area contributed by atoms with Crippen molar-refractivity contribution in [1.82, 2.24) is 4.90 Å². The summed E-state index contributed by atoms with van der Waals surface area (Å²) in [7, 11) is 1.80. The van der Waals surface area contributed by atoms with Crippen molar-refractivity contribution in [2.45, 2.75) is 71.0 Å². The molecule has 2 N–H and O–H groups in total. The molecule has 0 aromatic rings. The first-order chi connectivity index (χ1) is 8.94. The van der Waals surface area contributed by atoms with Crippen molar-refractivity contribution in [3.8, 4) is 0 Å². The van der Waals surface area contributed by atoms with E-state index in [1.165, 1.54) is 32.1 Å². The number of ether oxygens (including phenoxy) is 1. The van der Waals surface area contributed by atoms with Gasteiger partial charge in [0, 0.05) is 31.8 Å². The highest BCUT2D eigenvalue weighted by Gasteiger charge is 2.41. The Morgan fingerprint density at radius 2 is 2.00 bits per heavy atom. The number of hydrogen-bond donors (Lipinski definition) is 1. The Kier molecular flexibility index (Phi) is 4.91. The summed E-state index contributed by atoms with van der Waals surface area (Å²) in [5, 5.41) is 0. The topological polar surface area (TPSA) is 38.5 Å². The number of rotatable bonds is 6. The quantitative estimate of drug-likeness (QED) is 0.805.